The van der Waals surface area contributed by atoms with Crippen LogP contribution in [0.1, 0.15) is 33.3 Å². The van der Waals surface area contributed by atoms with Gasteiger partial charge >= 0.3 is 0 Å². The molecule has 0 bridgehead atoms. The fourth-order valence-corrected chi connectivity index (χ4v) is 1.95. The minimum Gasteiger partial charge on any atom is -0.350 e. The molecule has 2 N–H and O–H groups in total. The number of hydrogen-bond donors (Lipinski definition) is 2. The molecule has 124 valence electrons. The third kappa shape index (κ3) is 6.09. The summed E-state index contributed by atoms with van der Waals surface area (Å²) in [5, 5.41) is 14.6. The number of para-hydroxylation sites is 1. The average molecular weight is 316 g/mol. The van der Waals surface area contributed by atoms with Gasteiger partial charge in [0.1, 0.15) is 6.07 Å². The highest BCUT2D eigenvalue weighted by Gasteiger charge is 2.22. The molecule has 0 radical (unpaired) electrons. The molecule has 0 unspecified atom stereocenters. The molecule has 1 aromatic rings. The Morgan fingerprint density at radius 1 is 1.30 bits per heavy atom. The molecule has 2 amide bonds. The van der Waals surface area contributed by atoms with E-state index in [0.29, 0.717) is 11.3 Å². The second-order valence-electron chi connectivity index (χ2n) is 6.54. The minimum absolute atomic E-state index is 0.117. The van der Waals surface area contributed by atoms with Crippen molar-refractivity contribution in [2.24, 2.45) is 0 Å². The smallest absolute Gasteiger partial charge is 0.241 e. The Balaban J connectivity index is 2.66. The normalized spacial score (nSPS) is 12.4. The van der Waals surface area contributed by atoms with Crippen molar-refractivity contribution in [1.82, 2.24) is 10.2 Å². The fourth-order valence-electron chi connectivity index (χ4n) is 1.95. The summed E-state index contributed by atoms with van der Waals surface area (Å²) < 4.78 is 0. The first-order valence-electron chi connectivity index (χ1n) is 7.45. The summed E-state index contributed by atoms with van der Waals surface area (Å²) in [6.07, 6.45) is 0. The van der Waals surface area contributed by atoms with E-state index in [-0.39, 0.29) is 23.9 Å². The lowest BCUT2D eigenvalue weighted by Gasteiger charge is -2.26. The lowest BCUT2D eigenvalue weighted by atomic mass is 10.1. The number of nitrogens with zero attached hydrogens (tertiary/aromatic N) is 2. The van der Waals surface area contributed by atoms with Crippen molar-refractivity contribution in [1.29, 1.82) is 5.26 Å². The first kappa shape index (κ1) is 18.7. The highest BCUT2D eigenvalue weighted by atomic mass is 16.2. The van der Waals surface area contributed by atoms with Gasteiger partial charge < -0.3 is 10.6 Å². The van der Waals surface area contributed by atoms with E-state index >= 15 is 0 Å². The molecule has 0 aliphatic heterocycles. The molecule has 0 fully saturated rings. The van der Waals surface area contributed by atoms with Crippen molar-refractivity contribution >= 4 is 17.5 Å². The summed E-state index contributed by atoms with van der Waals surface area (Å²) in [6.45, 7) is 7.54. The molecule has 0 aliphatic rings. The first-order valence-corrected chi connectivity index (χ1v) is 7.45. The zero-order valence-corrected chi connectivity index (χ0v) is 14.3. The van der Waals surface area contributed by atoms with E-state index in [1.54, 1.807) is 43.1 Å². The quantitative estimate of drug-likeness (QED) is 0.866. The van der Waals surface area contributed by atoms with E-state index in [4.69, 9.17) is 5.26 Å². The Hall–Kier alpha value is -2.39. The van der Waals surface area contributed by atoms with Gasteiger partial charge in [-0.15, -0.1) is 0 Å². The van der Waals surface area contributed by atoms with E-state index in [1.807, 2.05) is 26.8 Å². The van der Waals surface area contributed by atoms with Crippen LogP contribution in [0.25, 0.3) is 0 Å². The van der Waals surface area contributed by atoms with Gasteiger partial charge in [0.25, 0.3) is 0 Å². The van der Waals surface area contributed by atoms with Crippen molar-refractivity contribution in [3.8, 4) is 6.07 Å². The second-order valence-corrected chi connectivity index (χ2v) is 6.54. The van der Waals surface area contributed by atoms with Crippen molar-refractivity contribution in [3.05, 3.63) is 29.8 Å². The van der Waals surface area contributed by atoms with Gasteiger partial charge in [0, 0.05) is 5.54 Å². The lowest BCUT2D eigenvalue weighted by Crippen LogP contribution is -2.49. The van der Waals surface area contributed by atoms with Crippen LogP contribution in [0.5, 0.6) is 0 Å². The minimum atomic E-state index is -0.507. The Morgan fingerprint density at radius 2 is 1.91 bits per heavy atom. The molecule has 1 rings (SSSR count). The lowest BCUT2D eigenvalue weighted by molar-refractivity contribution is -0.125. The second kappa shape index (κ2) is 7.75. The maximum absolute atomic E-state index is 12.3. The number of carbonyl (C=O) groups is 2. The van der Waals surface area contributed by atoms with E-state index in [0.717, 1.165) is 0 Å². The molecule has 0 aromatic heterocycles. The molecule has 0 heterocycles. The topological polar surface area (TPSA) is 85.2 Å². The predicted octanol–water partition coefficient (Wildman–Crippen LogP) is 1.73. The summed E-state index contributed by atoms with van der Waals surface area (Å²) in [5.74, 6) is -0.407. The Labute approximate surface area is 137 Å². The number of hydrogen-bond acceptors (Lipinski definition) is 4. The SMILES string of the molecule is C[C@@H](C(=O)Nc1ccccc1C#N)N(C)CC(=O)NC(C)(C)C. The van der Waals surface area contributed by atoms with Crippen LogP contribution in [0.3, 0.4) is 0 Å². The Bertz CT molecular complexity index is 614. The number of likely N-dealkylation sites (N-methyl/N-ethyl adjacent to an activating group) is 1. The van der Waals surface area contributed by atoms with Crippen molar-refractivity contribution in [2.75, 3.05) is 18.9 Å². The summed E-state index contributed by atoms with van der Waals surface area (Å²) in [4.78, 5) is 25.9. The van der Waals surface area contributed by atoms with Crippen LogP contribution in [0.2, 0.25) is 0 Å². The van der Waals surface area contributed by atoms with Crippen LogP contribution in [0.15, 0.2) is 24.3 Å². The molecule has 6 heteroatoms. The molecular formula is C17H24N4O2. The number of amides is 2. The number of anilines is 1. The van der Waals surface area contributed by atoms with Gasteiger partial charge in [-0.3, -0.25) is 14.5 Å². The molecular weight excluding hydrogens is 292 g/mol. The highest BCUT2D eigenvalue weighted by Crippen LogP contribution is 2.14. The van der Waals surface area contributed by atoms with Crippen molar-refractivity contribution < 1.29 is 9.59 Å². The molecule has 0 spiro atoms. The molecule has 1 atom stereocenters. The summed E-state index contributed by atoms with van der Waals surface area (Å²) in [6, 6.07) is 8.33. The van der Waals surface area contributed by atoms with Crippen molar-refractivity contribution in [2.45, 2.75) is 39.3 Å². The van der Waals surface area contributed by atoms with Gasteiger partial charge in [-0.1, -0.05) is 12.1 Å². The van der Waals surface area contributed by atoms with Crippen LogP contribution in [0.4, 0.5) is 5.69 Å². The van der Waals surface area contributed by atoms with Crippen LogP contribution in [-0.2, 0) is 9.59 Å². The van der Waals surface area contributed by atoms with E-state index in [9.17, 15) is 9.59 Å². The van der Waals surface area contributed by atoms with E-state index in [1.165, 1.54) is 0 Å². The van der Waals surface area contributed by atoms with Gasteiger partial charge in [-0.05, 0) is 46.9 Å². The number of nitrogens with one attached hydrogen (secondary N) is 2. The van der Waals surface area contributed by atoms with Crippen LogP contribution in [-0.4, -0.2) is 41.9 Å². The summed E-state index contributed by atoms with van der Waals surface area (Å²) in [5.41, 5.74) is 0.565. The Morgan fingerprint density at radius 3 is 2.48 bits per heavy atom. The summed E-state index contributed by atoms with van der Waals surface area (Å²) >= 11 is 0. The number of nitriles is 1. The van der Waals surface area contributed by atoms with Gasteiger partial charge in [0.2, 0.25) is 11.8 Å². The maximum Gasteiger partial charge on any atom is 0.241 e. The maximum atomic E-state index is 12.3. The van der Waals surface area contributed by atoms with Gasteiger partial charge in [-0.2, -0.15) is 5.26 Å². The highest BCUT2D eigenvalue weighted by molar-refractivity contribution is 5.96. The van der Waals surface area contributed by atoms with Crippen LogP contribution >= 0.6 is 0 Å². The third-order valence-corrected chi connectivity index (χ3v) is 3.25. The van der Waals surface area contributed by atoms with E-state index in [2.05, 4.69) is 10.6 Å². The van der Waals surface area contributed by atoms with E-state index < -0.39 is 6.04 Å². The van der Waals surface area contributed by atoms with Gasteiger partial charge in [-0.25, -0.2) is 0 Å². The summed E-state index contributed by atoms with van der Waals surface area (Å²) in [7, 11) is 1.71. The molecule has 0 aliphatic carbocycles. The number of benzene rings is 1. The molecule has 0 saturated heterocycles. The van der Waals surface area contributed by atoms with Crippen LogP contribution in [0, 0.1) is 11.3 Å². The van der Waals surface area contributed by atoms with Crippen molar-refractivity contribution in [3.63, 3.8) is 0 Å². The van der Waals surface area contributed by atoms with Crippen LogP contribution < -0.4 is 10.6 Å². The predicted molar refractivity (Wildman–Crippen MR) is 89.8 cm³/mol. The standard InChI is InChI=1S/C17H24N4O2/c1-12(21(5)11-15(22)20-17(2,3)4)16(23)19-14-9-7-6-8-13(14)10-18/h6-9,12H,11H2,1-5H3,(H,19,23)(H,20,22)/t12-/m0/s1. The number of carbonyl (C=O) groups excluding carboxylic acids is 2. The molecule has 1 aromatic carbocycles. The fraction of sp³-hybridized carbons (Fsp3) is 0.471. The third-order valence-electron chi connectivity index (χ3n) is 3.25. The molecule has 0 saturated carbocycles. The average Bonchev–Trinajstić information content (AvgIpc) is 2.44. The Kier molecular flexibility index (Phi) is 6.28. The number of rotatable bonds is 5. The monoisotopic (exact) mass is 316 g/mol. The zero-order chi connectivity index (χ0) is 17.6. The van der Waals surface area contributed by atoms with Gasteiger partial charge in [0.05, 0.1) is 23.8 Å². The molecule has 6 nitrogen and oxygen atoms in total. The first-order chi connectivity index (χ1) is 10.6. The largest absolute Gasteiger partial charge is 0.350 e. The van der Waals surface area contributed by atoms with Gasteiger partial charge in [0.15, 0.2) is 0 Å². The molecule has 23 heavy (non-hydrogen) atoms. The zero-order valence-electron chi connectivity index (χ0n) is 14.3.